The molecule has 0 atom stereocenters. The van der Waals surface area contributed by atoms with Crippen LogP contribution in [0.3, 0.4) is 0 Å². The van der Waals surface area contributed by atoms with E-state index in [1.807, 2.05) is 0 Å². The average Bonchev–Trinajstić information content (AvgIpc) is 2.24. The first-order chi connectivity index (χ1) is 8.31. The second kappa shape index (κ2) is 5.85. The minimum absolute atomic E-state index is 0.0291. The molecule has 0 fully saturated rings. The Bertz CT molecular complexity index is 438. The van der Waals surface area contributed by atoms with Gasteiger partial charge in [-0.3, -0.25) is 0 Å². The number of anilines is 2. The Hall–Kier alpha value is -1.57. The highest BCUT2D eigenvalue weighted by Crippen LogP contribution is 2.30. The lowest BCUT2D eigenvalue weighted by Crippen LogP contribution is -2.13. The van der Waals surface area contributed by atoms with Crippen LogP contribution in [0.2, 0.25) is 0 Å². The molecule has 0 aliphatic carbocycles. The maximum absolute atomic E-state index is 11.9. The maximum Gasteiger partial charge on any atom is 0.441 e. The fourth-order valence-corrected chi connectivity index (χ4v) is 1.72. The normalized spacial score (nSPS) is 11.3. The van der Waals surface area contributed by atoms with Crippen molar-refractivity contribution in [3.05, 3.63) is 23.8 Å². The Balaban J connectivity index is 2.64. The van der Waals surface area contributed by atoms with Gasteiger partial charge in [-0.25, -0.2) is 4.79 Å². The standard InChI is InChI=1S/C10H11F3N2O2S/c11-10(12,13)18-5-4-15-8-6(9(16)17)2-1-3-7(8)14/h1-3,15H,4-5,14H2,(H,16,17). The van der Waals surface area contributed by atoms with Gasteiger partial charge in [-0.05, 0) is 23.9 Å². The summed E-state index contributed by atoms with van der Waals surface area (Å²) in [4.78, 5) is 10.9. The molecule has 0 aromatic heterocycles. The van der Waals surface area contributed by atoms with E-state index >= 15 is 0 Å². The van der Waals surface area contributed by atoms with Crippen LogP contribution in [0.5, 0.6) is 0 Å². The van der Waals surface area contributed by atoms with Crippen molar-refractivity contribution in [3.8, 4) is 0 Å². The zero-order chi connectivity index (χ0) is 13.8. The van der Waals surface area contributed by atoms with Crippen molar-refractivity contribution < 1.29 is 23.1 Å². The van der Waals surface area contributed by atoms with E-state index < -0.39 is 11.5 Å². The van der Waals surface area contributed by atoms with Gasteiger partial charge in [-0.2, -0.15) is 13.2 Å². The number of rotatable bonds is 5. The molecule has 1 rings (SSSR count). The average molecular weight is 280 g/mol. The van der Waals surface area contributed by atoms with E-state index in [9.17, 15) is 18.0 Å². The number of nitrogen functional groups attached to an aromatic ring is 1. The molecule has 0 aliphatic rings. The van der Waals surface area contributed by atoms with Crippen LogP contribution in [-0.2, 0) is 0 Å². The van der Waals surface area contributed by atoms with Gasteiger partial charge in [0.2, 0.25) is 0 Å². The van der Waals surface area contributed by atoms with E-state index in [0.717, 1.165) is 0 Å². The van der Waals surface area contributed by atoms with Crippen LogP contribution in [0, 0.1) is 0 Å². The zero-order valence-corrected chi connectivity index (χ0v) is 9.94. The van der Waals surface area contributed by atoms with Gasteiger partial charge in [0.25, 0.3) is 0 Å². The molecule has 0 unspecified atom stereocenters. The fourth-order valence-electron chi connectivity index (χ4n) is 1.29. The summed E-state index contributed by atoms with van der Waals surface area (Å²) >= 11 is -0.178. The van der Waals surface area contributed by atoms with Crippen molar-refractivity contribution in [2.45, 2.75) is 5.51 Å². The van der Waals surface area contributed by atoms with Crippen molar-refractivity contribution in [1.82, 2.24) is 0 Å². The first-order valence-corrected chi connectivity index (χ1v) is 5.86. The molecule has 0 aliphatic heterocycles. The number of carbonyl (C=O) groups is 1. The highest BCUT2D eigenvalue weighted by atomic mass is 32.2. The van der Waals surface area contributed by atoms with E-state index in [0.29, 0.717) is 0 Å². The molecule has 100 valence electrons. The van der Waals surface area contributed by atoms with Gasteiger partial charge >= 0.3 is 11.5 Å². The molecule has 1 aromatic carbocycles. The van der Waals surface area contributed by atoms with Gasteiger partial charge in [-0.15, -0.1) is 0 Å². The number of benzene rings is 1. The topological polar surface area (TPSA) is 75.4 Å². The van der Waals surface area contributed by atoms with Gasteiger partial charge in [0, 0.05) is 12.3 Å². The molecule has 0 saturated carbocycles. The SMILES string of the molecule is Nc1cccc(C(=O)O)c1NCCSC(F)(F)F. The Kier molecular flexibility index (Phi) is 4.71. The van der Waals surface area contributed by atoms with Gasteiger partial charge < -0.3 is 16.2 Å². The lowest BCUT2D eigenvalue weighted by atomic mass is 10.1. The molecule has 0 heterocycles. The maximum atomic E-state index is 11.9. The number of carboxylic acid groups (broad SMARTS) is 1. The summed E-state index contributed by atoms with van der Waals surface area (Å²) < 4.78 is 35.7. The fraction of sp³-hybridized carbons (Fsp3) is 0.300. The minimum atomic E-state index is -4.29. The molecule has 0 saturated heterocycles. The first-order valence-electron chi connectivity index (χ1n) is 4.87. The number of carboxylic acids is 1. The van der Waals surface area contributed by atoms with E-state index in [1.54, 1.807) is 0 Å². The van der Waals surface area contributed by atoms with Crippen molar-refractivity contribution in [1.29, 1.82) is 0 Å². The highest BCUT2D eigenvalue weighted by molar-refractivity contribution is 8.00. The molecule has 0 radical (unpaired) electrons. The van der Waals surface area contributed by atoms with Crippen LogP contribution in [0.4, 0.5) is 24.5 Å². The van der Waals surface area contributed by atoms with Gasteiger partial charge in [-0.1, -0.05) is 6.07 Å². The third kappa shape index (κ3) is 4.36. The van der Waals surface area contributed by atoms with E-state index in [-0.39, 0.29) is 41.0 Å². The van der Waals surface area contributed by atoms with E-state index in [4.69, 9.17) is 10.8 Å². The van der Waals surface area contributed by atoms with Crippen LogP contribution in [0.1, 0.15) is 10.4 Å². The summed E-state index contributed by atoms with van der Waals surface area (Å²) in [7, 11) is 0. The second-order valence-electron chi connectivity index (χ2n) is 3.30. The third-order valence-corrected chi connectivity index (χ3v) is 2.73. The van der Waals surface area contributed by atoms with Crippen LogP contribution in [0.15, 0.2) is 18.2 Å². The number of nitrogens with two attached hydrogens (primary N) is 1. The van der Waals surface area contributed by atoms with Gasteiger partial charge in [0.1, 0.15) is 0 Å². The van der Waals surface area contributed by atoms with Gasteiger partial charge in [0.05, 0.1) is 16.9 Å². The summed E-state index contributed by atoms with van der Waals surface area (Å²) in [5.74, 6) is -1.41. The first kappa shape index (κ1) is 14.5. The molecule has 1 aromatic rings. The molecule has 0 bridgehead atoms. The summed E-state index contributed by atoms with van der Waals surface area (Å²) in [6.45, 7) is -0.0291. The lowest BCUT2D eigenvalue weighted by Gasteiger charge is -2.12. The minimum Gasteiger partial charge on any atom is -0.478 e. The van der Waals surface area contributed by atoms with Crippen molar-refractivity contribution in [2.24, 2.45) is 0 Å². The Morgan fingerprint density at radius 3 is 2.67 bits per heavy atom. The van der Waals surface area contributed by atoms with Gasteiger partial charge in [0.15, 0.2) is 0 Å². The lowest BCUT2D eigenvalue weighted by molar-refractivity contribution is -0.0327. The monoisotopic (exact) mass is 280 g/mol. The number of alkyl halides is 3. The summed E-state index contributed by atoms with van der Waals surface area (Å²) in [6.07, 6.45) is 0. The molecule has 0 spiro atoms. The molecular formula is C10H11F3N2O2S. The highest BCUT2D eigenvalue weighted by Gasteiger charge is 2.27. The van der Waals surface area contributed by atoms with Crippen LogP contribution in [0.25, 0.3) is 0 Å². The molecule has 4 nitrogen and oxygen atoms in total. The van der Waals surface area contributed by atoms with Crippen LogP contribution < -0.4 is 11.1 Å². The van der Waals surface area contributed by atoms with Crippen molar-refractivity contribution >= 4 is 29.1 Å². The predicted molar refractivity (Wildman–Crippen MR) is 64.8 cm³/mol. The quantitative estimate of drug-likeness (QED) is 0.571. The Morgan fingerprint density at radius 1 is 1.44 bits per heavy atom. The number of hydrogen-bond acceptors (Lipinski definition) is 4. The molecule has 18 heavy (non-hydrogen) atoms. The number of para-hydroxylation sites is 1. The molecule has 4 N–H and O–H groups in total. The smallest absolute Gasteiger partial charge is 0.441 e. The Labute approximate surface area is 105 Å². The Morgan fingerprint density at radius 2 is 2.11 bits per heavy atom. The number of aromatic carboxylic acids is 1. The largest absolute Gasteiger partial charge is 0.478 e. The number of thioether (sulfide) groups is 1. The third-order valence-electron chi connectivity index (χ3n) is 2.00. The second-order valence-corrected chi connectivity index (χ2v) is 4.46. The van der Waals surface area contributed by atoms with Crippen molar-refractivity contribution in [3.63, 3.8) is 0 Å². The predicted octanol–water partition coefficient (Wildman–Crippen LogP) is 2.63. The van der Waals surface area contributed by atoms with Crippen LogP contribution >= 0.6 is 11.8 Å². The molecular weight excluding hydrogens is 269 g/mol. The zero-order valence-electron chi connectivity index (χ0n) is 9.12. The summed E-state index contributed by atoms with van der Waals surface area (Å²) in [5.41, 5.74) is 1.55. The van der Waals surface area contributed by atoms with E-state index in [2.05, 4.69) is 5.32 Å². The number of nitrogens with one attached hydrogen (secondary N) is 1. The van der Waals surface area contributed by atoms with Crippen LogP contribution in [-0.4, -0.2) is 28.9 Å². The van der Waals surface area contributed by atoms with Crippen molar-refractivity contribution in [2.75, 3.05) is 23.3 Å². The van der Waals surface area contributed by atoms with E-state index in [1.165, 1.54) is 18.2 Å². The number of hydrogen-bond donors (Lipinski definition) is 3. The molecule has 8 heteroatoms. The summed E-state index contributed by atoms with van der Waals surface area (Å²) in [5, 5.41) is 11.5. The summed E-state index contributed by atoms with van der Waals surface area (Å²) in [6, 6.07) is 4.28. The number of halogens is 3. The molecule has 0 amide bonds.